The molecule has 0 radical (unpaired) electrons. The van der Waals surface area contributed by atoms with Gasteiger partial charge in [-0.25, -0.2) is 8.78 Å². The highest BCUT2D eigenvalue weighted by Crippen LogP contribution is 2.34. The van der Waals surface area contributed by atoms with Crippen LogP contribution in [0.15, 0.2) is 24.3 Å². The number of ether oxygens (including phenoxy) is 2. The number of halogens is 2. The van der Waals surface area contributed by atoms with Crippen LogP contribution in [0.4, 0.5) is 8.78 Å². The fourth-order valence-electron chi connectivity index (χ4n) is 1.67. The number of allylic oxidation sites excluding steroid dienone is 1. The molecule has 0 aromatic rings. The smallest absolute Gasteiger partial charge is 0.252 e. The maximum absolute atomic E-state index is 13.3. The molecule has 0 saturated heterocycles. The molecule has 0 fully saturated rings. The molecular formula is C14H25F2NO2. The molecule has 1 N–H and O–H groups in total. The fourth-order valence-corrected chi connectivity index (χ4v) is 1.67. The second kappa shape index (κ2) is 10.1. The van der Waals surface area contributed by atoms with E-state index in [9.17, 15) is 8.78 Å². The highest BCUT2D eigenvalue weighted by molar-refractivity contribution is 5.20. The van der Waals surface area contributed by atoms with Crippen LogP contribution in [0.5, 0.6) is 0 Å². The van der Waals surface area contributed by atoms with Crippen molar-refractivity contribution in [1.82, 2.24) is 5.32 Å². The van der Waals surface area contributed by atoms with Gasteiger partial charge in [0, 0.05) is 20.2 Å². The summed E-state index contributed by atoms with van der Waals surface area (Å²) < 4.78 is 36.6. The lowest BCUT2D eigenvalue weighted by Gasteiger charge is -2.31. The summed E-state index contributed by atoms with van der Waals surface area (Å²) in [6.07, 6.45) is 0.666. The standard InChI is InChI=1S/C14H25F2NO2/c1-5-6-14(12(2)3,13(15)16)11-17-7-8-19-10-9-18-4/h5-6,13,17H,2,7-11H2,1,3-4H3/b6-5+. The lowest BCUT2D eigenvalue weighted by Crippen LogP contribution is -2.40. The van der Waals surface area contributed by atoms with E-state index in [1.54, 1.807) is 27.0 Å². The molecule has 0 amide bonds. The molecule has 0 aliphatic carbocycles. The summed E-state index contributed by atoms with van der Waals surface area (Å²) in [7, 11) is 1.60. The van der Waals surface area contributed by atoms with Gasteiger partial charge in [-0.3, -0.25) is 0 Å². The van der Waals surface area contributed by atoms with Crippen molar-refractivity contribution >= 4 is 0 Å². The monoisotopic (exact) mass is 277 g/mol. The number of alkyl halides is 2. The molecule has 0 rings (SSSR count). The van der Waals surface area contributed by atoms with Gasteiger partial charge in [-0.05, 0) is 13.8 Å². The van der Waals surface area contributed by atoms with Crippen molar-refractivity contribution in [3.8, 4) is 0 Å². The van der Waals surface area contributed by atoms with Crippen molar-refractivity contribution in [2.75, 3.05) is 40.0 Å². The van der Waals surface area contributed by atoms with Gasteiger partial charge in [0.25, 0.3) is 6.43 Å². The Bertz CT molecular complexity index is 283. The van der Waals surface area contributed by atoms with E-state index in [-0.39, 0.29) is 6.54 Å². The number of hydrogen-bond acceptors (Lipinski definition) is 3. The third-order valence-electron chi connectivity index (χ3n) is 2.92. The van der Waals surface area contributed by atoms with Crippen molar-refractivity contribution < 1.29 is 18.3 Å². The lowest BCUT2D eigenvalue weighted by molar-refractivity contribution is 0.0458. The van der Waals surface area contributed by atoms with Gasteiger partial charge in [0.15, 0.2) is 0 Å². The van der Waals surface area contributed by atoms with Crippen LogP contribution in [-0.2, 0) is 9.47 Å². The van der Waals surface area contributed by atoms with Gasteiger partial charge in [0.1, 0.15) is 0 Å². The lowest BCUT2D eigenvalue weighted by atomic mass is 9.81. The summed E-state index contributed by atoms with van der Waals surface area (Å²) in [6.45, 7) is 9.22. The molecule has 0 aromatic heterocycles. The average molecular weight is 277 g/mol. The third kappa shape index (κ3) is 6.27. The molecular weight excluding hydrogens is 252 g/mol. The Morgan fingerprint density at radius 3 is 2.53 bits per heavy atom. The number of methoxy groups -OCH3 is 1. The Balaban J connectivity index is 4.18. The second-order valence-electron chi connectivity index (χ2n) is 4.40. The largest absolute Gasteiger partial charge is 0.382 e. The highest BCUT2D eigenvalue weighted by Gasteiger charge is 2.37. The van der Waals surface area contributed by atoms with E-state index < -0.39 is 11.8 Å². The molecule has 0 spiro atoms. The summed E-state index contributed by atoms with van der Waals surface area (Å²) in [5, 5.41) is 2.99. The predicted octanol–water partition coefficient (Wildman–Crippen LogP) is 2.64. The minimum absolute atomic E-state index is 0.151. The van der Waals surface area contributed by atoms with Gasteiger partial charge in [-0.1, -0.05) is 24.3 Å². The van der Waals surface area contributed by atoms with E-state index in [0.29, 0.717) is 31.9 Å². The van der Waals surface area contributed by atoms with Crippen LogP contribution in [0, 0.1) is 5.41 Å². The van der Waals surface area contributed by atoms with Gasteiger partial charge in [-0.15, -0.1) is 0 Å². The van der Waals surface area contributed by atoms with Gasteiger partial charge in [0.2, 0.25) is 0 Å². The Kier molecular flexibility index (Phi) is 9.65. The Morgan fingerprint density at radius 2 is 2.05 bits per heavy atom. The summed E-state index contributed by atoms with van der Waals surface area (Å²) >= 11 is 0. The van der Waals surface area contributed by atoms with Gasteiger partial charge in [-0.2, -0.15) is 0 Å². The van der Waals surface area contributed by atoms with E-state index in [0.717, 1.165) is 0 Å². The third-order valence-corrected chi connectivity index (χ3v) is 2.92. The van der Waals surface area contributed by atoms with Crippen molar-refractivity contribution in [3.05, 3.63) is 24.3 Å². The van der Waals surface area contributed by atoms with Crippen molar-refractivity contribution in [2.45, 2.75) is 20.3 Å². The Morgan fingerprint density at radius 1 is 1.37 bits per heavy atom. The maximum atomic E-state index is 13.3. The first kappa shape index (κ1) is 18.2. The fraction of sp³-hybridized carbons (Fsp3) is 0.714. The molecule has 0 saturated carbocycles. The van der Waals surface area contributed by atoms with E-state index >= 15 is 0 Å². The maximum Gasteiger partial charge on any atom is 0.252 e. The normalized spacial score (nSPS) is 15.1. The minimum atomic E-state index is -2.48. The van der Waals surface area contributed by atoms with Crippen LogP contribution >= 0.6 is 0 Å². The Hall–Kier alpha value is -0.780. The zero-order valence-electron chi connectivity index (χ0n) is 12.0. The number of nitrogens with one attached hydrogen (secondary N) is 1. The van der Waals surface area contributed by atoms with E-state index in [4.69, 9.17) is 9.47 Å². The van der Waals surface area contributed by atoms with Crippen molar-refractivity contribution in [3.63, 3.8) is 0 Å². The molecule has 0 heterocycles. The molecule has 0 aliphatic heterocycles. The zero-order valence-corrected chi connectivity index (χ0v) is 12.0. The topological polar surface area (TPSA) is 30.5 Å². The number of hydrogen-bond donors (Lipinski definition) is 1. The molecule has 3 nitrogen and oxygen atoms in total. The summed E-state index contributed by atoms with van der Waals surface area (Å²) in [5.74, 6) is 0. The molecule has 0 bridgehead atoms. The molecule has 1 atom stereocenters. The molecule has 112 valence electrons. The van der Waals surface area contributed by atoms with Crippen molar-refractivity contribution in [2.24, 2.45) is 5.41 Å². The quantitative estimate of drug-likeness (QED) is 0.465. The summed E-state index contributed by atoms with van der Waals surface area (Å²) in [6, 6.07) is 0. The van der Waals surface area contributed by atoms with Crippen LogP contribution in [0.1, 0.15) is 13.8 Å². The summed E-state index contributed by atoms with van der Waals surface area (Å²) in [4.78, 5) is 0. The van der Waals surface area contributed by atoms with Crippen LogP contribution in [0.2, 0.25) is 0 Å². The molecule has 1 unspecified atom stereocenters. The Labute approximate surface area is 114 Å². The summed E-state index contributed by atoms with van der Waals surface area (Å²) in [5.41, 5.74) is -0.852. The first-order chi connectivity index (χ1) is 9.01. The van der Waals surface area contributed by atoms with E-state index in [1.165, 1.54) is 6.08 Å². The van der Waals surface area contributed by atoms with Crippen LogP contribution < -0.4 is 5.32 Å². The molecule has 0 aliphatic rings. The first-order valence-corrected chi connectivity index (χ1v) is 6.36. The van der Waals surface area contributed by atoms with Gasteiger partial charge >= 0.3 is 0 Å². The van der Waals surface area contributed by atoms with Crippen LogP contribution in [0.3, 0.4) is 0 Å². The first-order valence-electron chi connectivity index (χ1n) is 6.36. The molecule has 5 heteroatoms. The molecule has 0 aromatic carbocycles. The number of rotatable bonds is 11. The second-order valence-corrected chi connectivity index (χ2v) is 4.40. The zero-order chi connectivity index (χ0) is 14.7. The van der Waals surface area contributed by atoms with Gasteiger partial charge in [0.05, 0.1) is 25.2 Å². The molecule has 19 heavy (non-hydrogen) atoms. The predicted molar refractivity (Wildman–Crippen MR) is 73.6 cm³/mol. The van der Waals surface area contributed by atoms with E-state index in [1.807, 2.05) is 0 Å². The van der Waals surface area contributed by atoms with E-state index in [2.05, 4.69) is 11.9 Å². The van der Waals surface area contributed by atoms with Crippen LogP contribution in [-0.4, -0.2) is 46.4 Å². The highest BCUT2D eigenvalue weighted by atomic mass is 19.3. The van der Waals surface area contributed by atoms with Gasteiger partial charge < -0.3 is 14.8 Å². The average Bonchev–Trinajstić information content (AvgIpc) is 2.35. The van der Waals surface area contributed by atoms with Crippen molar-refractivity contribution in [1.29, 1.82) is 0 Å². The van der Waals surface area contributed by atoms with Crippen LogP contribution in [0.25, 0.3) is 0 Å². The minimum Gasteiger partial charge on any atom is -0.382 e. The SMILES string of the molecule is C=C(C)C(/C=C/C)(CNCCOCCOC)C(F)F.